The van der Waals surface area contributed by atoms with Crippen LogP contribution in [0.5, 0.6) is 0 Å². The monoisotopic (exact) mass is 340 g/mol. The van der Waals surface area contributed by atoms with Crippen LogP contribution in [0.3, 0.4) is 0 Å². The van der Waals surface area contributed by atoms with Crippen LogP contribution in [0.15, 0.2) is 59.2 Å². The Kier molecular flexibility index (Phi) is 3.78. The summed E-state index contributed by atoms with van der Waals surface area (Å²) in [4.78, 5) is 0. The van der Waals surface area contributed by atoms with Crippen LogP contribution in [0.1, 0.15) is 18.1 Å². The van der Waals surface area contributed by atoms with E-state index < -0.39 is 6.10 Å². The molecule has 1 heterocycles. The van der Waals surface area contributed by atoms with Gasteiger partial charge in [-0.2, -0.15) is 5.26 Å². The molecule has 1 unspecified atom stereocenters. The molecule has 0 aliphatic rings. The third kappa shape index (κ3) is 2.58. The van der Waals surface area contributed by atoms with Gasteiger partial charge >= 0.3 is 0 Å². The Bertz CT molecular complexity index is 832. The molecule has 2 aromatic carbocycles. The molecule has 3 nitrogen and oxygen atoms in total. The Morgan fingerprint density at radius 1 is 1.19 bits per heavy atom. The minimum absolute atomic E-state index is 0.0721. The number of halogens is 1. The lowest BCUT2D eigenvalue weighted by Gasteiger charge is -2.16. The van der Waals surface area contributed by atoms with Crippen molar-refractivity contribution in [3.8, 4) is 11.8 Å². The number of aromatic nitrogens is 1. The maximum absolute atomic E-state index is 10.2. The first-order valence-electron chi connectivity index (χ1n) is 6.61. The fraction of sp³-hybridized carbons (Fsp3) is 0.118. The number of fused-ring (bicyclic) bond motifs is 1. The van der Waals surface area contributed by atoms with Crippen LogP contribution in [-0.4, -0.2) is 9.67 Å². The van der Waals surface area contributed by atoms with Gasteiger partial charge in [-0.05, 0) is 35.7 Å². The van der Waals surface area contributed by atoms with Gasteiger partial charge < -0.3 is 9.67 Å². The van der Waals surface area contributed by atoms with Crippen LogP contribution in [0, 0.1) is 11.3 Å². The smallest absolute Gasteiger partial charge is 0.0940 e. The van der Waals surface area contributed by atoms with Crippen LogP contribution in [-0.2, 0) is 0 Å². The molecule has 0 spiro atoms. The van der Waals surface area contributed by atoms with Crippen molar-refractivity contribution in [3.05, 3.63) is 64.8 Å². The van der Waals surface area contributed by atoms with Crippen molar-refractivity contribution in [2.75, 3.05) is 0 Å². The van der Waals surface area contributed by atoms with Gasteiger partial charge in [-0.3, -0.25) is 0 Å². The van der Waals surface area contributed by atoms with Crippen LogP contribution in [0.4, 0.5) is 0 Å². The van der Waals surface area contributed by atoms with Crippen molar-refractivity contribution in [3.63, 3.8) is 0 Å². The van der Waals surface area contributed by atoms with E-state index in [1.54, 1.807) is 0 Å². The van der Waals surface area contributed by atoms with Crippen molar-refractivity contribution in [1.82, 2.24) is 4.57 Å². The lowest BCUT2D eigenvalue weighted by atomic mass is 10.0. The molecule has 0 saturated carbocycles. The Hall–Kier alpha value is -2.09. The Balaban J connectivity index is 2.20. The van der Waals surface area contributed by atoms with Gasteiger partial charge in [-0.25, -0.2) is 0 Å². The summed E-state index contributed by atoms with van der Waals surface area (Å²) in [5.41, 5.74) is 2.71. The Labute approximate surface area is 131 Å². The summed E-state index contributed by atoms with van der Waals surface area (Å²) in [7, 11) is 0. The third-order valence-electron chi connectivity index (χ3n) is 3.49. The average Bonchev–Trinajstić information content (AvgIpc) is 2.91. The number of aliphatic hydroxyl groups excluding tert-OH is 1. The molecule has 0 aliphatic heterocycles. The molecular weight excluding hydrogens is 328 g/mol. The molecule has 3 rings (SSSR count). The standard InChI is InChI=1S/C17H13BrN2O/c18-13-5-6-16(14(11-13)17(21)7-9-19)20-10-8-12-3-1-2-4-15(12)20/h1-6,8,10-11,17,21H,7H2. The number of benzene rings is 2. The van der Waals surface area contributed by atoms with Crippen molar-refractivity contribution in [2.45, 2.75) is 12.5 Å². The van der Waals surface area contributed by atoms with E-state index in [0.29, 0.717) is 0 Å². The van der Waals surface area contributed by atoms with Gasteiger partial charge in [0.05, 0.1) is 29.8 Å². The highest BCUT2D eigenvalue weighted by Gasteiger charge is 2.15. The predicted octanol–water partition coefficient (Wildman–Crippen LogP) is 4.34. The van der Waals surface area contributed by atoms with Crippen molar-refractivity contribution in [2.24, 2.45) is 0 Å². The van der Waals surface area contributed by atoms with E-state index in [2.05, 4.69) is 22.0 Å². The van der Waals surface area contributed by atoms with Crippen LogP contribution < -0.4 is 0 Å². The lowest BCUT2D eigenvalue weighted by molar-refractivity contribution is 0.183. The largest absolute Gasteiger partial charge is 0.387 e. The summed E-state index contributed by atoms with van der Waals surface area (Å²) in [6.45, 7) is 0. The highest BCUT2D eigenvalue weighted by molar-refractivity contribution is 9.10. The van der Waals surface area contributed by atoms with Crippen LogP contribution in [0.2, 0.25) is 0 Å². The van der Waals surface area contributed by atoms with E-state index in [1.807, 2.05) is 59.3 Å². The first-order chi connectivity index (χ1) is 10.2. The zero-order valence-electron chi connectivity index (χ0n) is 11.2. The van der Waals surface area contributed by atoms with Gasteiger partial charge in [0.2, 0.25) is 0 Å². The normalized spacial score (nSPS) is 12.2. The highest BCUT2D eigenvalue weighted by atomic mass is 79.9. The first kappa shape index (κ1) is 13.9. The minimum Gasteiger partial charge on any atom is -0.387 e. The zero-order valence-corrected chi connectivity index (χ0v) is 12.8. The molecule has 104 valence electrons. The van der Waals surface area contributed by atoms with E-state index >= 15 is 0 Å². The summed E-state index contributed by atoms with van der Waals surface area (Å²) in [6, 6.07) is 17.9. The lowest BCUT2D eigenvalue weighted by Crippen LogP contribution is -2.04. The van der Waals surface area contributed by atoms with Gasteiger partial charge in [0.25, 0.3) is 0 Å². The molecule has 1 aromatic heterocycles. The Morgan fingerprint density at radius 2 is 2.00 bits per heavy atom. The number of nitriles is 1. The molecule has 0 bridgehead atoms. The number of hydrogen-bond donors (Lipinski definition) is 1. The van der Waals surface area contributed by atoms with E-state index in [0.717, 1.165) is 26.6 Å². The molecule has 0 amide bonds. The van der Waals surface area contributed by atoms with E-state index in [1.165, 1.54) is 0 Å². The Morgan fingerprint density at radius 3 is 2.81 bits per heavy atom. The molecule has 1 atom stereocenters. The van der Waals surface area contributed by atoms with Crippen LogP contribution >= 0.6 is 15.9 Å². The summed E-state index contributed by atoms with van der Waals surface area (Å²) in [5, 5.41) is 20.2. The molecule has 0 radical (unpaired) electrons. The number of aliphatic hydroxyl groups is 1. The molecule has 21 heavy (non-hydrogen) atoms. The zero-order chi connectivity index (χ0) is 14.8. The fourth-order valence-electron chi connectivity index (χ4n) is 2.50. The van der Waals surface area contributed by atoms with Gasteiger partial charge in [0.1, 0.15) is 0 Å². The second-order valence-corrected chi connectivity index (χ2v) is 5.74. The molecule has 0 fully saturated rings. The fourth-order valence-corrected chi connectivity index (χ4v) is 2.88. The second kappa shape index (κ2) is 5.72. The predicted molar refractivity (Wildman–Crippen MR) is 86.2 cm³/mol. The van der Waals surface area contributed by atoms with Gasteiger partial charge in [-0.1, -0.05) is 34.1 Å². The van der Waals surface area contributed by atoms with E-state index in [9.17, 15) is 5.11 Å². The number of para-hydroxylation sites is 1. The summed E-state index contributed by atoms with van der Waals surface area (Å²) in [5.74, 6) is 0. The third-order valence-corrected chi connectivity index (χ3v) is 3.99. The maximum Gasteiger partial charge on any atom is 0.0940 e. The SMILES string of the molecule is N#CCC(O)c1cc(Br)ccc1-n1ccc2ccccc21. The van der Waals surface area contributed by atoms with E-state index in [4.69, 9.17) is 5.26 Å². The number of rotatable bonds is 3. The topological polar surface area (TPSA) is 48.9 Å². The highest BCUT2D eigenvalue weighted by Crippen LogP contribution is 2.30. The molecule has 0 saturated heterocycles. The summed E-state index contributed by atoms with van der Waals surface area (Å²) < 4.78 is 2.92. The van der Waals surface area contributed by atoms with Gasteiger partial charge in [0, 0.05) is 16.2 Å². The second-order valence-electron chi connectivity index (χ2n) is 4.83. The quantitative estimate of drug-likeness (QED) is 0.770. The molecule has 4 heteroatoms. The summed E-state index contributed by atoms with van der Waals surface area (Å²) in [6.07, 6.45) is 1.25. The first-order valence-corrected chi connectivity index (χ1v) is 7.41. The van der Waals surface area contributed by atoms with Crippen molar-refractivity contribution in [1.29, 1.82) is 5.26 Å². The number of nitrogens with zero attached hydrogens (tertiary/aromatic N) is 2. The number of hydrogen-bond acceptors (Lipinski definition) is 2. The van der Waals surface area contributed by atoms with Crippen molar-refractivity contribution >= 4 is 26.8 Å². The van der Waals surface area contributed by atoms with E-state index in [-0.39, 0.29) is 6.42 Å². The minimum atomic E-state index is -0.802. The van der Waals surface area contributed by atoms with Crippen molar-refractivity contribution < 1.29 is 5.11 Å². The molecule has 1 N–H and O–H groups in total. The van der Waals surface area contributed by atoms with Crippen LogP contribution in [0.25, 0.3) is 16.6 Å². The maximum atomic E-state index is 10.2. The molecule has 0 aliphatic carbocycles. The summed E-state index contributed by atoms with van der Waals surface area (Å²) >= 11 is 3.43. The average molecular weight is 341 g/mol. The molecular formula is C17H13BrN2O. The van der Waals surface area contributed by atoms with Gasteiger partial charge in [0.15, 0.2) is 0 Å². The van der Waals surface area contributed by atoms with Gasteiger partial charge in [-0.15, -0.1) is 0 Å². The molecule has 3 aromatic rings.